The van der Waals surface area contributed by atoms with Crippen LogP contribution >= 0.6 is 11.6 Å². The Morgan fingerprint density at radius 3 is 2.56 bits per heavy atom. The van der Waals surface area contributed by atoms with Gasteiger partial charge in [0.25, 0.3) is 5.91 Å². The topological polar surface area (TPSA) is 29.1 Å². The number of benzene rings is 1. The Bertz CT molecular complexity index is 409. The SMILES string of the molecule is CC[C@H](C)NC(=O)c1cc(F)c(F)cc1Cl. The molecule has 88 valence electrons. The number of hydrogen-bond donors (Lipinski definition) is 1. The fourth-order valence-electron chi connectivity index (χ4n) is 1.10. The van der Waals surface area contributed by atoms with Crippen LogP contribution in [0.4, 0.5) is 8.78 Å². The van der Waals surface area contributed by atoms with E-state index in [1.165, 1.54) is 0 Å². The van der Waals surface area contributed by atoms with Crippen molar-refractivity contribution >= 4 is 17.5 Å². The van der Waals surface area contributed by atoms with Gasteiger partial charge in [0.2, 0.25) is 0 Å². The highest BCUT2D eigenvalue weighted by Crippen LogP contribution is 2.20. The summed E-state index contributed by atoms with van der Waals surface area (Å²) in [6.45, 7) is 3.71. The lowest BCUT2D eigenvalue weighted by Crippen LogP contribution is -2.32. The molecule has 1 aromatic rings. The van der Waals surface area contributed by atoms with Crippen molar-refractivity contribution in [2.75, 3.05) is 0 Å². The molecule has 5 heteroatoms. The quantitative estimate of drug-likeness (QED) is 0.817. The summed E-state index contributed by atoms with van der Waals surface area (Å²) >= 11 is 5.66. The van der Waals surface area contributed by atoms with E-state index in [1.807, 2.05) is 13.8 Å². The van der Waals surface area contributed by atoms with Crippen LogP contribution in [0.15, 0.2) is 12.1 Å². The van der Waals surface area contributed by atoms with Crippen LogP contribution in [0.3, 0.4) is 0 Å². The molecule has 0 fully saturated rings. The van der Waals surface area contributed by atoms with Gasteiger partial charge in [0.05, 0.1) is 10.6 Å². The van der Waals surface area contributed by atoms with Gasteiger partial charge in [0.15, 0.2) is 11.6 Å². The van der Waals surface area contributed by atoms with Gasteiger partial charge < -0.3 is 5.32 Å². The number of carbonyl (C=O) groups is 1. The molecule has 0 unspecified atom stereocenters. The fourth-order valence-corrected chi connectivity index (χ4v) is 1.34. The molecule has 1 atom stereocenters. The van der Waals surface area contributed by atoms with Gasteiger partial charge in [0, 0.05) is 6.04 Å². The second-order valence-electron chi connectivity index (χ2n) is 3.53. The maximum atomic E-state index is 12.9. The minimum Gasteiger partial charge on any atom is -0.350 e. The van der Waals surface area contributed by atoms with Gasteiger partial charge in [-0.05, 0) is 25.5 Å². The maximum absolute atomic E-state index is 12.9. The second-order valence-corrected chi connectivity index (χ2v) is 3.94. The summed E-state index contributed by atoms with van der Waals surface area (Å²) in [5.41, 5.74) is -0.0548. The molecule has 1 rings (SSSR count). The van der Waals surface area contributed by atoms with Gasteiger partial charge >= 0.3 is 0 Å². The Labute approximate surface area is 97.6 Å². The van der Waals surface area contributed by atoms with Crippen molar-refractivity contribution in [1.82, 2.24) is 5.32 Å². The molecule has 1 amide bonds. The molecule has 0 spiro atoms. The molecule has 0 heterocycles. The standard InChI is InChI=1S/C11H12ClF2NO/c1-3-6(2)15-11(16)7-4-9(13)10(14)5-8(7)12/h4-6H,3H2,1-2H3,(H,15,16)/t6-/m0/s1. The highest BCUT2D eigenvalue weighted by atomic mass is 35.5. The van der Waals surface area contributed by atoms with Crippen LogP contribution in [0.25, 0.3) is 0 Å². The largest absolute Gasteiger partial charge is 0.350 e. The minimum absolute atomic E-state index is 0.0447. The average Bonchev–Trinajstić information content (AvgIpc) is 2.23. The lowest BCUT2D eigenvalue weighted by molar-refractivity contribution is 0.0939. The zero-order valence-electron chi connectivity index (χ0n) is 8.98. The van der Waals surface area contributed by atoms with E-state index in [4.69, 9.17) is 11.6 Å². The van der Waals surface area contributed by atoms with E-state index in [9.17, 15) is 13.6 Å². The molecule has 0 radical (unpaired) electrons. The minimum atomic E-state index is -1.08. The molecule has 1 N–H and O–H groups in total. The molecule has 0 saturated heterocycles. The molecule has 0 bridgehead atoms. The maximum Gasteiger partial charge on any atom is 0.253 e. The van der Waals surface area contributed by atoms with Gasteiger partial charge in [0.1, 0.15) is 0 Å². The molecular weight excluding hydrogens is 236 g/mol. The van der Waals surface area contributed by atoms with Crippen LogP contribution in [-0.4, -0.2) is 11.9 Å². The Kier molecular flexibility index (Phi) is 4.24. The Balaban J connectivity index is 2.96. The molecule has 2 nitrogen and oxygen atoms in total. The summed E-state index contributed by atoms with van der Waals surface area (Å²) in [6.07, 6.45) is 0.743. The van der Waals surface area contributed by atoms with E-state index in [0.717, 1.165) is 18.6 Å². The Morgan fingerprint density at radius 1 is 1.44 bits per heavy atom. The van der Waals surface area contributed by atoms with E-state index >= 15 is 0 Å². The summed E-state index contributed by atoms with van der Waals surface area (Å²) in [6, 6.07) is 1.55. The number of carbonyl (C=O) groups excluding carboxylic acids is 1. The average molecular weight is 248 g/mol. The van der Waals surface area contributed by atoms with Crippen LogP contribution < -0.4 is 5.32 Å². The number of hydrogen-bond acceptors (Lipinski definition) is 1. The van der Waals surface area contributed by atoms with Crippen LogP contribution in [-0.2, 0) is 0 Å². The third-order valence-electron chi connectivity index (χ3n) is 2.24. The summed E-state index contributed by atoms with van der Waals surface area (Å²) in [5.74, 6) is -2.65. The predicted octanol–water partition coefficient (Wildman–Crippen LogP) is 3.15. The summed E-state index contributed by atoms with van der Waals surface area (Å²) in [7, 11) is 0. The Morgan fingerprint density at radius 2 is 2.00 bits per heavy atom. The lowest BCUT2D eigenvalue weighted by Gasteiger charge is -2.12. The van der Waals surface area contributed by atoms with Crippen molar-refractivity contribution < 1.29 is 13.6 Å². The monoisotopic (exact) mass is 247 g/mol. The van der Waals surface area contributed by atoms with Crippen molar-refractivity contribution in [3.63, 3.8) is 0 Å². The highest BCUT2D eigenvalue weighted by molar-refractivity contribution is 6.33. The molecule has 0 aliphatic carbocycles. The molecule has 16 heavy (non-hydrogen) atoms. The third-order valence-corrected chi connectivity index (χ3v) is 2.56. The van der Waals surface area contributed by atoms with Crippen LogP contribution in [0.2, 0.25) is 5.02 Å². The van der Waals surface area contributed by atoms with E-state index in [0.29, 0.717) is 0 Å². The normalized spacial score (nSPS) is 12.3. The highest BCUT2D eigenvalue weighted by Gasteiger charge is 2.15. The first kappa shape index (κ1) is 12.9. The summed E-state index contributed by atoms with van der Waals surface area (Å²) in [5, 5.41) is 2.52. The molecular formula is C11H12ClF2NO. The summed E-state index contributed by atoms with van der Waals surface area (Å²) in [4.78, 5) is 11.6. The third kappa shape index (κ3) is 2.92. The molecule has 0 saturated carbocycles. The van der Waals surface area contributed by atoms with Crippen molar-refractivity contribution in [3.8, 4) is 0 Å². The van der Waals surface area contributed by atoms with E-state index in [-0.39, 0.29) is 16.6 Å². The molecule has 0 aromatic heterocycles. The van der Waals surface area contributed by atoms with Gasteiger partial charge in [-0.15, -0.1) is 0 Å². The predicted molar refractivity (Wildman–Crippen MR) is 58.6 cm³/mol. The lowest BCUT2D eigenvalue weighted by atomic mass is 10.1. The van der Waals surface area contributed by atoms with E-state index < -0.39 is 17.5 Å². The smallest absolute Gasteiger partial charge is 0.253 e. The van der Waals surface area contributed by atoms with Crippen molar-refractivity contribution in [1.29, 1.82) is 0 Å². The van der Waals surface area contributed by atoms with Gasteiger partial charge in [-0.1, -0.05) is 18.5 Å². The first-order valence-corrected chi connectivity index (χ1v) is 5.29. The summed E-state index contributed by atoms with van der Waals surface area (Å²) < 4.78 is 25.7. The first-order valence-electron chi connectivity index (χ1n) is 4.91. The number of rotatable bonds is 3. The van der Waals surface area contributed by atoms with Crippen LogP contribution in [0, 0.1) is 11.6 Å². The molecule has 0 aliphatic heterocycles. The van der Waals surface area contributed by atoms with Crippen molar-refractivity contribution in [3.05, 3.63) is 34.4 Å². The number of halogens is 3. The molecule has 1 aromatic carbocycles. The number of amides is 1. The van der Waals surface area contributed by atoms with Gasteiger partial charge in [-0.2, -0.15) is 0 Å². The van der Waals surface area contributed by atoms with Crippen LogP contribution in [0.5, 0.6) is 0 Å². The van der Waals surface area contributed by atoms with Gasteiger partial charge in [-0.25, -0.2) is 8.78 Å². The van der Waals surface area contributed by atoms with E-state index in [1.54, 1.807) is 0 Å². The van der Waals surface area contributed by atoms with Crippen molar-refractivity contribution in [2.45, 2.75) is 26.3 Å². The van der Waals surface area contributed by atoms with Crippen molar-refractivity contribution in [2.24, 2.45) is 0 Å². The fraction of sp³-hybridized carbons (Fsp3) is 0.364. The zero-order chi connectivity index (χ0) is 12.3. The molecule has 0 aliphatic rings. The van der Waals surface area contributed by atoms with Crippen LogP contribution in [0.1, 0.15) is 30.6 Å². The second kappa shape index (κ2) is 5.25. The number of nitrogens with one attached hydrogen (secondary N) is 1. The Hall–Kier alpha value is -1.16. The van der Waals surface area contributed by atoms with Gasteiger partial charge in [-0.3, -0.25) is 4.79 Å². The van der Waals surface area contributed by atoms with E-state index in [2.05, 4.69) is 5.32 Å². The first-order chi connectivity index (χ1) is 7.45. The zero-order valence-corrected chi connectivity index (χ0v) is 9.74.